The third-order valence-electron chi connectivity index (χ3n) is 2.79. The van der Waals surface area contributed by atoms with Crippen molar-refractivity contribution in [3.05, 3.63) is 60.7 Å². The first-order chi connectivity index (χ1) is 8.92. The van der Waals surface area contributed by atoms with Crippen molar-refractivity contribution >= 4 is 17.8 Å². The first kappa shape index (κ1) is 12.9. The average Bonchev–Trinajstić information content (AvgIpc) is 2.46. The molecule has 3 heteroatoms. The molecule has 2 aromatic rings. The highest BCUT2D eigenvalue weighted by Crippen LogP contribution is 1.95. The number of aliphatic hydroxyl groups is 1. The summed E-state index contributed by atoms with van der Waals surface area (Å²) >= 11 is 0. The Bertz CT molecular complexity index is 405. The van der Waals surface area contributed by atoms with Crippen LogP contribution in [-0.2, 0) is 4.65 Å². The van der Waals surface area contributed by atoms with Crippen molar-refractivity contribution in [2.45, 2.75) is 6.42 Å². The fourth-order valence-corrected chi connectivity index (χ4v) is 1.91. The second kappa shape index (κ2) is 6.99. The fourth-order valence-electron chi connectivity index (χ4n) is 1.91. The van der Waals surface area contributed by atoms with Crippen LogP contribution < -0.4 is 10.9 Å². The number of aliphatic hydroxyl groups excluding tert-OH is 1. The highest BCUT2D eigenvalue weighted by Gasteiger charge is 2.20. The van der Waals surface area contributed by atoms with Crippen molar-refractivity contribution in [2.24, 2.45) is 0 Å². The molecule has 0 spiro atoms. The standard InChI is InChI=1S/C15H17BO2/c17-12-7-13-18-16(14-8-3-1-4-9-14)15-10-5-2-6-11-15/h1-6,8-11,17H,7,12-13H2. The van der Waals surface area contributed by atoms with E-state index >= 15 is 0 Å². The summed E-state index contributed by atoms with van der Waals surface area (Å²) in [7, 11) is 0. The minimum absolute atomic E-state index is 0.0565. The minimum Gasteiger partial charge on any atom is -0.427 e. The summed E-state index contributed by atoms with van der Waals surface area (Å²) in [5.41, 5.74) is 2.28. The van der Waals surface area contributed by atoms with E-state index < -0.39 is 0 Å². The molecular formula is C15H17BO2. The van der Waals surface area contributed by atoms with Crippen LogP contribution in [0.5, 0.6) is 0 Å². The third kappa shape index (κ3) is 3.46. The highest BCUT2D eigenvalue weighted by atomic mass is 16.4. The molecule has 0 aromatic heterocycles. The number of rotatable bonds is 6. The normalized spacial score (nSPS) is 10.3. The molecule has 0 bridgehead atoms. The Morgan fingerprint density at radius 3 is 1.78 bits per heavy atom. The lowest BCUT2D eigenvalue weighted by Crippen LogP contribution is -2.45. The van der Waals surface area contributed by atoms with Crippen molar-refractivity contribution < 1.29 is 9.76 Å². The van der Waals surface area contributed by atoms with Gasteiger partial charge in [-0.1, -0.05) is 60.7 Å². The Morgan fingerprint density at radius 2 is 1.33 bits per heavy atom. The molecule has 0 heterocycles. The van der Waals surface area contributed by atoms with Crippen LogP contribution >= 0.6 is 0 Å². The van der Waals surface area contributed by atoms with Gasteiger partial charge in [0.25, 0.3) is 0 Å². The van der Waals surface area contributed by atoms with Gasteiger partial charge in [-0.3, -0.25) is 0 Å². The Labute approximate surface area is 108 Å². The van der Waals surface area contributed by atoms with Gasteiger partial charge in [0.2, 0.25) is 0 Å². The zero-order valence-corrected chi connectivity index (χ0v) is 10.3. The van der Waals surface area contributed by atoms with Crippen LogP contribution in [0.15, 0.2) is 60.7 Å². The minimum atomic E-state index is -0.0565. The average molecular weight is 240 g/mol. The molecule has 2 rings (SSSR count). The van der Waals surface area contributed by atoms with Gasteiger partial charge in [-0.15, -0.1) is 0 Å². The highest BCUT2D eigenvalue weighted by molar-refractivity contribution is 6.80. The first-order valence-corrected chi connectivity index (χ1v) is 6.24. The van der Waals surface area contributed by atoms with Gasteiger partial charge in [-0.05, 0) is 17.3 Å². The summed E-state index contributed by atoms with van der Waals surface area (Å²) in [4.78, 5) is 0. The molecule has 0 saturated heterocycles. The van der Waals surface area contributed by atoms with Crippen LogP contribution in [0.3, 0.4) is 0 Å². The molecule has 0 radical (unpaired) electrons. The molecule has 92 valence electrons. The van der Waals surface area contributed by atoms with Crippen molar-refractivity contribution in [1.82, 2.24) is 0 Å². The van der Waals surface area contributed by atoms with E-state index in [-0.39, 0.29) is 13.5 Å². The molecule has 2 nitrogen and oxygen atoms in total. The van der Waals surface area contributed by atoms with Crippen molar-refractivity contribution in [3.63, 3.8) is 0 Å². The maximum atomic E-state index is 8.84. The van der Waals surface area contributed by atoms with Gasteiger partial charge < -0.3 is 9.76 Å². The zero-order valence-electron chi connectivity index (χ0n) is 10.3. The van der Waals surface area contributed by atoms with E-state index in [2.05, 4.69) is 24.3 Å². The van der Waals surface area contributed by atoms with Crippen molar-refractivity contribution in [1.29, 1.82) is 0 Å². The Balaban J connectivity index is 2.18. The number of hydrogen-bond donors (Lipinski definition) is 1. The van der Waals surface area contributed by atoms with Crippen LogP contribution in [0.25, 0.3) is 0 Å². The number of hydrogen-bond acceptors (Lipinski definition) is 2. The summed E-state index contributed by atoms with van der Waals surface area (Å²) in [6.07, 6.45) is 0.663. The van der Waals surface area contributed by atoms with Gasteiger partial charge in [-0.2, -0.15) is 0 Å². The molecule has 0 saturated carbocycles. The van der Waals surface area contributed by atoms with E-state index in [1.807, 2.05) is 36.4 Å². The topological polar surface area (TPSA) is 29.5 Å². The van der Waals surface area contributed by atoms with E-state index in [1.54, 1.807) is 0 Å². The Kier molecular flexibility index (Phi) is 5.00. The smallest absolute Gasteiger partial charge is 0.361 e. The summed E-state index contributed by atoms with van der Waals surface area (Å²) in [5.74, 6) is 0. The van der Waals surface area contributed by atoms with Gasteiger partial charge in [0.05, 0.1) is 0 Å². The lowest BCUT2D eigenvalue weighted by Gasteiger charge is -2.14. The molecule has 1 N–H and O–H groups in total. The summed E-state index contributed by atoms with van der Waals surface area (Å²) < 4.78 is 5.89. The van der Waals surface area contributed by atoms with Crippen molar-refractivity contribution in [3.8, 4) is 0 Å². The lowest BCUT2D eigenvalue weighted by molar-refractivity contribution is 0.238. The summed E-state index contributed by atoms with van der Waals surface area (Å²) in [6, 6.07) is 20.3. The first-order valence-electron chi connectivity index (χ1n) is 6.24. The molecular weight excluding hydrogens is 223 g/mol. The second-order valence-electron chi connectivity index (χ2n) is 4.15. The third-order valence-corrected chi connectivity index (χ3v) is 2.79. The molecule has 0 unspecified atom stereocenters. The van der Waals surface area contributed by atoms with Crippen LogP contribution in [0.2, 0.25) is 0 Å². The van der Waals surface area contributed by atoms with Crippen LogP contribution in [0, 0.1) is 0 Å². The van der Waals surface area contributed by atoms with Crippen LogP contribution in [0.4, 0.5) is 0 Å². The van der Waals surface area contributed by atoms with E-state index in [1.165, 1.54) is 0 Å². The van der Waals surface area contributed by atoms with E-state index in [9.17, 15) is 0 Å². The van der Waals surface area contributed by atoms with Crippen LogP contribution in [0.1, 0.15) is 6.42 Å². The SMILES string of the molecule is OCCCOB(c1ccccc1)c1ccccc1. The van der Waals surface area contributed by atoms with Crippen LogP contribution in [-0.4, -0.2) is 25.2 Å². The van der Waals surface area contributed by atoms with Gasteiger partial charge in [0.15, 0.2) is 0 Å². The summed E-state index contributed by atoms with van der Waals surface area (Å²) in [5, 5.41) is 8.84. The molecule has 2 aromatic carbocycles. The van der Waals surface area contributed by atoms with E-state index in [0.29, 0.717) is 13.0 Å². The maximum absolute atomic E-state index is 8.84. The predicted octanol–water partition coefficient (Wildman–Crippen LogP) is 1.19. The van der Waals surface area contributed by atoms with Crippen molar-refractivity contribution in [2.75, 3.05) is 13.2 Å². The number of benzene rings is 2. The summed E-state index contributed by atoms with van der Waals surface area (Å²) in [6.45, 7) is 0.667. The Morgan fingerprint density at radius 1 is 0.833 bits per heavy atom. The van der Waals surface area contributed by atoms with E-state index in [4.69, 9.17) is 9.76 Å². The molecule has 18 heavy (non-hydrogen) atoms. The van der Waals surface area contributed by atoms with Gasteiger partial charge in [0.1, 0.15) is 0 Å². The van der Waals surface area contributed by atoms with Gasteiger partial charge in [-0.25, -0.2) is 0 Å². The van der Waals surface area contributed by atoms with E-state index in [0.717, 1.165) is 10.9 Å². The fraction of sp³-hybridized carbons (Fsp3) is 0.200. The quantitative estimate of drug-likeness (QED) is 0.607. The molecule has 0 fully saturated rings. The maximum Gasteiger partial charge on any atom is 0.361 e. The monoisotopic (exact) mass is 240 g/mol. The zero-order chi connectivity index (χ0) is 12.6. The van der Waals surface area contributed by atoms with Gasteiger partial charge >= 0.3 is 6.92 Å². The van der Waals surface area contributed by atoms with Gasteiger partial charge in [0, 0.05) is 13.2 Å². The lowest BCUT2D eigenvalue weighted by atomic mass is 9.55. The molecule has 0 aliphatic rings. The molecule has 0 amide bonds. The Hall–Kier alpha value is -1.58. The molecule has 0 atom stereocenters. The largest absolute Gasteiger partial charge is 0.427 e. The molecule has 0 aliphatic heterocycles. The second-order valence-corrected chi connectivity index (χ2v) is 4.15. The predicted molar refractivity (Wildman–Crippen MR) is 75.6 cm³/mol. The molecule has 0 aliphatic carbocycles.